The van der Waals surface area contributed by atoms with E-state index in [2.05, 4.69) is 4.98 Å². The van der Waals surface area contributed by atoms with Crippen molar-refractivity contribution in [2.75, 3.05) is 19.7 Å². The van der Waals surface area contributed by atoms with Crippen molar-refractivity contribution in [3.05, 3.63) is 29.5 Å². The van der Waals surface area contributed by atoms with Gasteiger partial charge in [-0.25, -0.2) is 13.4 Å². The van der Waals surface area contributed by atoms with Gasteiger partial charge in [0.05, 0.1) is 6.61 Å². The summed E-state index contributed by atoms with van der Waals surface area (Å²) in [5.74, 6) is 0. The van der Waals surface area contributed by atoms with Gasteiger partial charge in [-0.1, -0.05) is 24.6 Å². The summed E-state index contributed by atoms with van der Waals surface area (Å²) in [5.41, 5.74) is 0.464. The normalized spacial score (nSPS) is 12.4. The monoisotopic (exact) mass is 303 g/mol. The number of hydrogen-bond acceptors (Lipinski definition) is 4. The molecule has 2 rings (SSSR count). The average Bonchev–Trinajstić information content (AvgIpc) is 2.71. The van der Waals surface area contributed by atoms with Crippen LogP contribution in [0.25, 0.3) is 5.65 Å². The van der Waals surface area contributed by atoms with E-state index >= 15 is 0 Å². The summed E-state index contributed by atoms with van der Waals surface area (Å²) in [7, 11) is -3.79. The van der Waals surface area contributed by atoms with Gasteiger partial charge >= 0.3 is 0 Å². The molecular weight excluding hydrogens is 290 g/mol. The van der Waals surface area contributed by atoms with Crippen LogP contribution >= 0.6 is 11.6 Å². The fourth-order valence-electron chi connectivity index (χ4n) is 1.86. The molecule has 19 heavy (non-hydrogen) atoms. The molecule has 2 heterocycles. The summed E-state index contributed by atoms with van der Waals surface area (Å²) < 4.78 is 27.6. The van der Waals surface area contributed by atoms with Crippen LogP contribution in [0.1, 0.15) is 6.92 Å². The molecule has 0 bridgehead atoms. The fourth-order valence-corrected chi connectivity index (χ4v) is 3.90. The number of aromatic nitrogens is 2. The lowest BCUT2D eigenvalue weighted by Crippen LogP contribution is -2.34. The maximum atomic E-state index is 12.5. The first-order chi connectivity index (χ1) is 9.02. The van der Waals surface area contributed by atoms with E-state index < -0.39 is 10.0 Å². The van der Waals surface area contributed by atoms with Gasteiger partial charge in [0, 0.05) is 19.3 Å². The summed E-state index contributed by atoms with van der Waals surface area (Å²) >= 11 is 5.95. The number of likely N-dealkylation sites (N-methyl/N-ethyl adjacent to an activating group) is 1. The van der Waals surface area contributed by atoms with Crippen molar-refractivity contribution < 1.29 is 13.5 Å². The number of sulfonamides is 1. The Labute approximate surface area is 116 Å². The molecule has 0 fully saturated rings. The van der Waals surface area contributed by atoms with Crippen LogP contribution in [0, 0.1) is 0 Å². The topological polar surface area (TPSA) is 74.9 Å². The molecule has 0 spiro atoms. The van der Waals surface area contributed by atoms with Crippen LogP contribution in [0.4, 0.5) is 0 Å². The third-order valence-electron chi connectivity index (χ3n) is 2.73. The lowest BCUT2D eigenvalue weighted by molar-refractivity contribution is 0.256. The molecule has 1 N–H and O–H groups in total. The second kappa shape index (κ2) is 5.46. The highest BCUT2D eigenvalue weighted by Gasteiger charge is 2.29. The smallest absolute Gasteiger partial charge is 0.262 e. The van der Waals surface area contributed by atoms with E-state index in [1.807, 2.05) is 0 Å². The molecule has 0 amide bonds. The second-order valence-corrected chi connectivity index (χ2v) is 6.07. The van der Waals surface area contributed by atoms with Gasteiger partial charge in [0.2, 0.25) is 0 Å². The number of fused-ring (bicyclic) bond motifs is 1. The maximum absolute atomic E-state index is 12.5. The van der Waals surface area contributed by atoms with Crippen molar-refractivity contribution in [1.29, 1.82) is 0 Å². The molecule has 8 heteroatoms. The molecule has 0 saturated heterocycles. The molecule has 0 radical (unpaired) electrons. The minimum Gasteiger partial charge on any atom is -0.395 e. The van der Waals surface area contributed by atoms with E-state index in [0.717, 1.165) is 4.31 Å². The van der Waals surface area contributed by atoms with Crippen LogP contribution in [0.3, 0.4) is 0 Å². The van der Waals surface area contributed by atoms with E-state index in [4.69, 9.17) is 16.7 Å². The van der Waals surface area contributed by atoms with Crippen molar-refractivity contribution in [1.82, 2.24) is 13.7 Å². The molecular formula is C11H14ClN3O3S. The first kappa shape index (κ1) is 14.3. The van der Waals surface area contributed by atoms with Crippen LogP contribution in [0.15, 0.2) is 29.4 Å². The van der Waals surface area contributed by atoms with Crippen LogP contribution in [0.5, 0.6) is 0 Å². The van der Waals surface area contributed by atoms with E-state index in [-0.39, 0.29) is 29.9 Å². The lowest BCUT2D eigenvalue weighted by Gasteiger charge is -2.18. The van der Waals surface area contributed by atoms with Gasteiger partial charge in [-0.05, 0) is 12.1 Å². The predicted molar refractivity (Wildman–Crippen MR) is 71.7 cm³/mol. The Morgan fingerprint density at radius 2 is 2.21 bits per heavy atom. The maximum Gasteiger partial charge on any atom is 0.262 e. The Bertz CT molecular complexity index is 684. The Morgan fingerprint density at radius 1 is 1.47 bits per heavy atom. The number of rotatable bonds is 5. The zero-order chi connectivity index (χ0) is 14.0. The summed E-state index contributed by atoms with van der Waals surface area (Å²) in [6, 6.07) is 5.12. The first-order valence-electron chi connectivity index (χ1n) is 5.76. The Morgan fingerprint density at radius 3 is 2.84 bits per heavy atom. The lowest BCUT2D eigenvalue weighted by atomic mass is 10.5. The number of imidazole rings is 1. The van der Waals surface area contributed by atoms with Gasteiger partial charge in [0.1, 0.15) is 5.65 Å². The van der Waals surface area contributed by atoms with Crippen molar-refractivity contribution in [3.8, 4) is 0 Å². The molecule has 0 aliphatic heterocycles. The Hall–Kier alpha value is -1.15. The standard InChI is InChI=1S/C11H14ClN3O3S/c1-2-14(7-8-16)19(17,18)11-10(12)13-9-5-3-4-6-15(9)11/h3-6,16H,2,7-8H2,1H3. The van der Waals surface area contributed by atoms with Crippen molar-refractivity contribution in [3.63, 3.8) is 0 Å². The SMILES string of the molecule is CCN(CCO)S(=O)(=O)c1c(Cl)nc2ccccn12. The van der Waals surface area contributed by atoms with Crippen LogP contribution in [-0.2, 0) is 10.0 Å². The molecule has 0 aromatic carbocycles. The molecule has 6 nitrogen and oxygen atoms in total. The molecule has 0 atom stereocenters. The quantitative estimate of drug-likeness (QED) is 0.894. The first-order valence-corrected chi connectivity index (χ1v) is 7.57. The Kier molecular flexibility index (Phi) is 4.10. The molecule has 104 valence electrons. The van der Waals surface area contributed by atoms with E-state index in [1.54, 1.807) is 31.3 Å². The Balaban J connectivity index is 2.63. The van der Waals surface area contributed by atoms with Gasteiger partial charge < -0.3 is 5.11 Å². The van der Waals surface area contributed by atoms with Crippen LogP contribution in [-0.4, -0.2) is 46.9 Å². The van der Waals surface area contributed by atoms with Gasteiger partial charge in [0.25, 0.3) is 10.0 Å². The van der Waals surface area contributed by atoms with Crippen molar-refractivity contribution in [2.45, 2.75) is 11.9 Å². The predicted octanol–water partition coefficient (Wildman–Crippen LogP) is 0.991. The van der Waals surface area contributed by atoms with Gasteiger partial charge in [0.15, 0.2) is 10.2 Å². The molecule has 2 aromatic rings. The summed E-state index contributed by atoms with van der Waals surface area (Å²) in [4.78, 5) is 4.02. The highest BCUT2D eigenvalue weighted by molar-refractivity contribution is 7.89. The number of nitrogens with zero attached hydrogens (tertiary/aromatic N) is 3. The minimum absolute atomic E-state index is 0.0230. The van der Waals surface area contributed by atoms with E-state index in [1.165, 1.54) is 4.40 Å². The van der Waals surface area contributed by atoms with Crippen LogP contribution < -0.4 is 0 Å². The second-order valence-electron chi connectivity index (χ2n) is 3.86. The summed E-state index contributed by atoms with van der Waals surface area (Å²) in [5, 5.41) is 8.81. The molecule has 0 saturated carbocycles. The zero-order valence-electron chi connectivity index (χ0n) is 10.3. The van der Waals surface area contributed by atoms with Crippen molar-refractivity contribution in [2.24, 2.45) is 0 Å². The fraction of sp³-hybridized carbons (Fsp3) is 0.364. The number of aliphatic hydroxyl groups excluding tert-OH is 1. The van der Waals surface area contributed by atoms with E-state index in [9.17, 15) is 8.42 Å². The highest BCUT2D eigenvalue weighted by atomic mass is 35.5. The largest absolute Gasteiger partial charge is 0.395 e. The zero-order valence-corrected chi connectivity index (χ0v) is 11.9. The van der Waals surface area contributed by atoms with Crippen molar-refractivity contribution >= 4 is 27.3 Å². The van der Waals surface area contributed by atoms with E-state index in [0.29, 0.717) is 5.65 Å². The summed E-state index contributed by atoms with van der Waals surface area (Å²) in [6.07, 6.45) is 1.59. The molecule has 0 aliphatic carbocycles. The molecule has 2 aromatic heterocycles. The third kappa shape index (κ3) is 2.46. The van der Waals surface area contributed by atoms with Gasteiger partial charge in [-0.15, -0.1) is 0 Å². The third-order valence-corrected chi connectivity index (χ3v) is 5.11. The van der Waals surface area contributed by atoms with Gasteiger partial charge in [-0.2, -0.15) is 4.31 Å². The summed E-state index contributed by atoms with van der Waals surface area (Å²) in [6.45, 7) is 1.72. The number of aliphatic hydroxyl groups is 1. The minimum atomic E-state index is -3.79. The van der Waals surface area contributed by atoms with Gasteiger partial charge in [-0.3, -0.25) is 4.40 Å². The highest BCUT2D eigenvalue weighted by Crippen LogP contribution is 2.25. The van der Waals surface area contributed by atoms with Crippen LogP contribution in [0.2, 0.25) is 5.15 Å². The number of hydrogen-bond donors (Lipinski definition) is 1. The number of pyridine rings is 1. The number of halogens is 1. The molecule has 0 aliphatic rings. The average molecular weight is 304 g/mol. The molecule has 0 unspecified atom stereocenters.